The molecule has 4 nitrogen and oxygen atoms in total. The van der Waals surface area contributed by atoms with Crippen molar-refractivity contribution in [2.24, 2.45) is 5.73 Å². The van der Waals surface area contributed by atoms with Gasteiger partial charge in [0.25, 0.3) is 0 Å². The molecule has 21 heavy (non-hydrogen) atoms. The number of nitrogens with two attached hydrogens (primary N) is 1. The van der Waals surface area contributed by atoms with Gasteiger partial charge in [0.05, 0.1) is 5.69 Å². The minimum atomic E-state index is -0.256. The lowest BCUT2D eigenvalue weighted by Gasteiger charge is -2.24. The van der Waals surface area contributed by atoms with Gasteiger partial charge in [-0.1, -0.05) is 12.1 Å². The SMILES string of the molecule is Cc1cnc(N2CCCC2CN)nc1-c1cccc(F)c1. The van der Waals surface area contributed by atoms with E-state index in [0.717, 1.165) is 36.2 Å². The van der Waals surface area contributed by atoms with E-state index >= 15 is 0 Å². The zero-order valence-electron chi connectivity index (χ0n) is 12.1. The van der Waals surface area contributed by atoms with Crippen molar-refractivity contribution < 1.29 is 4.39 Å². The number of aromatic nitrogens is 2. The number of nitrogens with zero attached hydrogens (tertiary/aromatic N) is 3. The summed E-state index contributed by atoms with van der Waals surface area (Å²) >= 11 is 0. The first-order valence-corrected chi connectivity index (χ1v) is 7.25. The normalized spacial score (nSPS) is 18.2. The molecule has 1 saturated heterocycles. The lowest BCUT2D eigenvalue weighted by atomic mass is 10.1. The van der Waals surface area contributed by atoms with Crippen molar-refractivity contribution in [2.45, 2.75) is 25.8 Å². The first-order valence-electron chi connectivity index (χ1n) is 7.25. The van der Waals surface area contributed by atoms with Gasteiger partial charge < -0.3 is 10.6 Å². The summed E-state index contributed by atoms with van der Waals surface area (Å²) < 4.78 is 13.4. The van der Waals surface area contributed by atoms with Gasteiger partial charge in [-0.25, -0.2) is 14.4 Å². The highest BCUT2D eigenvalue weighted by Crippen LogP contribution is 2.26. The molecule has 1 atom stereocenters. The topological polar surface area (TPSA) is 55.0 Å². The minimum Gasteiger partial charge on any atom is -0.337 e. The number of halogens is 1. The highest BCUT2D eigenvalue weighted by Gasteiger charge is 2.25. The summed E-state index contributed by atoms with van der Waals surface area (Å²) in [5, 5.41) is 0. The van der Waals surface area contributed by atoms with Crippen LogP contribution in [0, 0.1) is 12.7 Å². The van der Waals surface area contributed by atoms with Crippen LogP contribution in [-0.2, 0) is 0 Å². The van der Waals surface area contributed by atoms with E-state index < -0.39 is 0 Å². The monoisotopic (exact) mass is 286 g/mol. The Kier molecular flexibility index (Phi) is 3.84. The van der Waals surface area contributed by atoms with Crippen LogP contribution in [0.25, 0.3) is 11.3 Å². The maximum Gasteiger partial charge on any atom is 0.226 e. The Morgan fingerprint density at radius 2 is 2.29 bits per heavy atom. The average molecular weight is 286 g/mol. The average Bonchev–Trinajstić information content (AvgIpc) is 2.96. The quantitative estimate of drug-likeness (QED) is 0.942. The third-order valence-corrected chi connectivity index (χ3v) is 3.96. The van der Waals surface area contributed by atoms with Crippen LogP contribution >= 0.6 is 0 Å². The lowest BCUT2D eigenvalue weighted by Crippen LogP contribution is -2.36. The molecule has 0 amide bonds. The van der Waals surface area contributed by atoms with Crippen LogP contribution in [0.3, 0.4) is 0 Å². The number of aryl methyl sites for hydroxylation is 1. The number of hydrogen-bond acceptors (Lipinski definition) is 4. The highest BCUT2D eigenvalue weighted by atomic mass is 19.1. The van der Waals surface area contributed by atoms with Gasteiger partial charge in [0.2, 0.25) is 5.95 Å². The Morgan fingerprint density at radius 3 is 3.05 bits per heavy atom. The van der Waals surface area contributed by atoms with Gasteiger partial charge in [-0.15, -0.1) is 0 Å². The molecule has 1 aliphatic heterocycles. The standard InChI is InChI=1S/C16H19FN4/c1-11-10-19-16(21-7-3-6-14(21)9-18)20-15(11)12-4-2-5-13(17)8-12/h2,4-5,8,10,14H,3,6-7,9,18H2,1H3. The molecule has 0 radical (unpaired) electrons. The predicted molar refractivity (Wildman–Crippen MR) is 81.6 cm³/mol. The van der Waals surface area contributed by atoms with E-state index in [1.54, 1.807) is 12.3 Å². The molecule has 0 aliphatic carbocycles. The zero-order valence-corrected chi connectivity index (χ0v) is 12.1. The maximum absolute atomic E-state index is 13.4. The molecule has 0 spiro atoms. The fourth-order valence-electron chi connectivity index (χ4n) is 2.84. The van der Waals surface area contributed by atoms with E-state index in [2.05, 4.69) is 14.9 Å². The van der Waals surface area contributed by atoms with Crippen molar-refractivity contribution in [1.82, 2.24) is 9.97 Å². The van der Waals surface area contributed by atoms with E-state index in [1.807, 2.05) is 13.0 Å². The summed E-state index contributed by atoms with van der Waals surface area (Å²) in [6, 6.07) is 6.81. The molecular weight excluding hydrogens is 267 g/mol. The number of rotatable bonds is 3. The van der Waals surface area contributed by atoms with Gasteiger partial charge >= 0.3 is 0 Å². The Hall–Kier alpha value is -2.01. The smallest absolute Gasteiger partial charge is 0.226 e. The Balaban J connectivity index is 2.00. The van der Waals surface area contributed by atoms with E-state index in [9.17, 15) is 4.39 Å². The first kappa shape index (κ1) is 13.9. The summed E-state index contributed by atoms with van der Waals surface area (Å²) in [7, 11) is 0. The molecule has 5 heteroatoms. The van der Waals surface area contributed by atoms with Crippen molar-refractivity contribution in [2.75, 3.05) is 18.0 Å². The fraction of sp³-hybridized carbons (Fsp3) is 0.375. The molecular formula is C16H19FN4. The first-order chi connectivity index (χ1) is 10.2. The molecule has 2 N–H and O–H groups in total. The molecule has 3 rings (SSSR count). The summed E-state index contributed by atoms with van der Waals surface area (Å²) in [6.45, 7) is 3.47. The van der Waals surface area contributed by atoms with Crippen molar-refractivity contribution in [3.8, 4) is 11.3 Å². The van der Waals surface area contributed by atoms with Crippen molar-refractivity contribution >= 4 is 5.95 Å². The largest absolute Gasteiger partial charge is 0.337 e. The molecule has 2 heterocycles. The third kappa shape index (κ3) is 2.74. The van der Waals surface area contributed by atoms with Crippen LogP contribution < -0.4 is 10.6 Å². The number of benzene rings is 1. The van der Waals surface area contributed by atoms with E-state index in [4.69, 9.17) is 5.73 Å². The Morgan fingerprint density at radius 1 is 1.43 bits per heavy atom. The summed E-state index contributed by atoms with van der Waals surface area (Å²) in [6.07, 6.45) is 3.98. The van der Waals surface area contributed by atoms with Crippen LogP contribution in [-0.4, -0.2) is 29.1 Å². The van der Waals surface area contributed by atoms with Crippen molar-refractivity contribution in [3.05, 3.63) is 41.8 Å². The van der Waals surface area contributed by atoms with Gasteiger partial charge in [-0.05, 0) is 37.5 Å². The van der Waals surface area contributed by atoms with E-state index in [1.165, 1.54) is 12.1 Å². The molecule has 1 fully saturated rings. The van der Waals surface area contributed by atoms with E-state index in [0.29, 0.717) is 18.5 Å². The van der Waals surface area contributed by atoms with Gasteiger partial charge in [-0.3, -0.25) is 0 Å². The maximum atomic E-state index is 13.4. The molecule has 110 valence electrons. The summed E-state index contributed by atoms with van der Waals surface area (Å²) in [4.78, 5) is 11.2. The Labute approximate surface area is 123 Å². The third-order valence-electron chi connectivity index (χ3n) is 3.96. The van der Waals surface area contributed by atoms with Gasteiger partial charge in [-0.2, -0.15) is 0 Å². The van der Waals surface area contributed by atoms with E-state index in [-0.39, 0.29) is 5.82 Å². The molecule has 1 aliphatic rings. The zero-order chi connectivity index (χ0) is 14.8. The van der Waals surface area contributed by atoms with Crippen LogP contribution in [0.15, 0.2) is 30.5 Å². The van der Waals surface area contributed by atoms with Gasteiger partial charge in [0.15, 0.2) is 0 Å². The Bertz CT molecular complexity index is 644. The van der Waals surface area contributed by atoms with Crippen LogP contribution in [0.5, 0.6) is 0 Å². The molecule has 0 saturated carbocycles. The molecule has 2 aromatic rings. The van der Waals surface area contributed by atoms with Crippen molar-refractivity contribution in [3.63, 3.8) is 0 Å². The minimum absolute atomic E-state index is 0.256. The van der Waals surface area contributed by atoms with Gasteiger partial charge in [0.1, 0.15) is 5.82 Å². The second-order valence-electron chi connectivity index (χ2n) is 5.44. The van der Waals surface area contributed by atoms with Gasteiger partial charge in [0, 0.05) is 30.9 Å². The molecule has 1 unspecified atom stereocenters. The second-order valence-corrected chi connectivity index (χ2v) is 5.44. The molecule has 1 aromatic carbocycles. The summed E-state index contributed by atoms with van der Waals surface area (Å²) in [5.41, 5.74) is 8.31. The van der Waals surface area contributed by atoms with Crippen LogP contribution in [0.1, 0.15) is 18.4 Å². The predicted octanol–water partition coefficient (Wildman–Crippen LogP) is 2.52. The van der Waals surface area contributed by atoms with Crippen molar-refractivity contribution in [1.29, 1.82) is 0 Å². The van der Waals surface area contributed by atoms with Crippen LogP contribution in [0.4, 0.5) is 10.3 Å². The summed E-state index contributed by atoms with van der Waals surface area (Å²) in [5.74, 6) is 0.431. The lowest BCUT2D eigenvalue weighted by molar-refractivity contribution is 0.628. The van der Waals surface area contributed by atoms with Crippen LogP contribution in [0.2, 0.25) is 0 Å². The fourth-order valence-corrected chi connectivity index (χ4v) is 2.84. The number of anilines is 1. The highest BCUT2D eigenvalue weighted by molar-refractivity contribution is 5.64. The number of hydrogen-bond donors (Lipinski definition) is 1. The molecule has 0 bridgehead atoms. The second kappa shape index (κ2) is 5.77. The molecule has 1 aromatic heterocycles.